The SMILES string of the molecule is N=C(N)c1c(F)cccc1N1CCCN2CCCC2C1. The van der Waals surface area contributed by atoms with Crippen molar-refractivity contribution in [2.75, 3.05) is 31.1 Å². The highest BCUT2D eigenvalue weighted by atomic mass is 19.1. The number of hydrogen-bond donors (Lipinski definition) is 2. The van der Waals surface area contributed by atoms with Gasteiger partial charge in [-0.25, -0.2) is 4.39 Å². The van der Waals surface area contributed by atoms with Crippen molar-refractivity contribution in [3.63, 3.8) is 0 Å². The number of rotatable bonds is 2. The number of nitrogens with zero attached hydrogens (tertiary/aromatic N) is 2. The van der Waals surface area contributed by atoms with Crippen molar-refractivity contribution in [3.05, 3.63) is 29.6 Å². The molecule has 0 spiro atoms. The topological polar surface area (TPSA) is 56.4 Å². The molecule has 0 amide bonds. The van der Waals surface area contributed by atoms with Crippen molar-refractivity contribution in [1.29, 1.82) is 5.41 Å². The third-order valence-electron chi connectivity index (χ3n) is 4.41. The van der Waals surface area contributed by atoms with E-state index < -0.39 is 5.82 Å². The van der Waals surface area contributed by atoms with Crippen molar-refractivity contribution in [3.8, 4) is 0 Å². The Labute approximate surface area is 118 Å². The molecule has 108 valence electrons. The van der Waals surface area contributed by atoms with Crippen LogP contribution >= 0.6 is 0 Å². The van der Waals surface area contributed by atoms with Crippen molar-refractivity contribution < 1.29 is 4.39 Å². The molecule has 3 N–H and O–H groups in total. The minimum absolute atomic E-state index is 0.189. The van der Waals surface area contributed by atoms with E-state index >= 15 is 0 Å². The third kappa shape index (κ3) is 2.38. The Morgan fingerprint density at radius 3 is 2.85 bits per heavy atom. The second-order valence-corrected chi connectivity index (χ2v) is 5.68. The van der Waals surface area contributed by atoms with Gasteiger partial charge in [0.25, 0.3) is 0 Å². The monoisotopic (exact) mass is 276 g/mol. The summed E-state index contributed by atoms with van der Waals surface area (Å²) in [5.74, 6) is -0.590. The molecule has 3 rings (SSSR count). The Morgan fingerprint density at radius 1 is 1.25 bits per heavy atom. The molecule has 2 aliphatic rings. The van der Waals surface area contributed by atoms with E-state index in [9.17, 15) is 4.39 Å². The first-order chi connectivity index (χ1) is 9.66. The predicted octanol–water partition coefficient (Wildman–Crippen LogP) is 1.78. The fourth-order valence-corrected chi connectivity index (χ4v) is 3.47. The maximum absolute atomic E-state index is 14.0. The van der Waals surface area contributed by atoms with Crippen LogP contribution in [0, 0.1) is 11.2 Å². The van der Waals surface area contributed by atoms with Gasteiger partial charge in [-0.1, -0.05) is 6.07 Å². The summed E-state index contributed by atoms with van der Waals surface area (Å²) in [5, 5.41) is 7.64. The quantitative estimate of drug-likeness (QED) is 0.639. The normalized spacial score (nSPS) is 23.4. The molecule has 2 saturated heterocycles. The average molecular weight is 276 g/mol. The maximum Gasteiger partial charge on any atom is 0.136 e. The van der Waals surface area contributed by atoms with Crippen LogP contribution in [0.25, 0.3) is 0 Å². The van der Waals surface area contributed by atoms with E-state index in [0.717, 1.165) is 31.7 Å². The van der Waals surface area contributed by atoms with Crippen LogP contribution < -0.4 is 10.6 Å². The van der Waals surface area contributed by atoms with Gasteiger partial charge in [0, 0.05) is 25.7 Å². The van der Waals surface area contributed by atoms with Gasteiger partial charge in [-0.15, -0.1) is 0 Å². The van der Waals surface area contributed by atoms with Crippen LogP contribution in [0.3, 0.4) is 0 Å². The van der Waals surface area contributed by atoms with Crippen LogP contribution in [0.1, 0.15) is 24.8 Å². The number of benzene rings is 1. The zero-order valence-electron chi connectivity index (χ0n) is 11.6. The highest BCUT2D eigenvalue weighted by Crippen LogP contribution is 2.28. The lowest BCUT2D eigenvalue weighted by molar-refractivity contribution is 0.273. The lowest BCUT2D eigenvalue weighted by atomic mass is 10.1. The number of halogens is 1. The Balaban J connectivity index is 1.92. The van der Waals surface area contributed by atoms with Crippen molar-refractivity contribution in [2.24, 2.45) is 5.73 Å². The number of nitrogens with two attached hydrogens (primary N) is 1. The van der Waals surface area contributed by atoms with Crippen LogP contribution in [0.4, 0.5) is 10.1 Å². The zero-order chi connectivity index (χ0) is 14.1. The highest BCUT2D eigenvalue weighted by molar-refractivity contribution is 6.00. The first kappa shape index (κ1) is 13.4. The average Bonchev–Trinajstić information content (AvgIpc) is 2.75. The fraction of sp³-hybridized carbons (Fsp3) is 0.533. The summed E-state index contributed by atoms with van der Waals surface area (Å²) >= 11 is 0. The van der Waals surface area contributed by atoms with E-state index in [2.05, 4.69) is 9.80 Å². The van der Waals surface area contributed by atoms with Gasteiger partial charge >= 0.3 is 0 Å². The van der Waals surface area contributed by atoms with E-state index in [4.69, 9.17) is 11.1 Å². The number of nitrogen functional groups attached to an aromatic ring is 1. The molecule has 1 aromatic rings. The first-order valence-corrected chi connectivity index (χ1v) is 7.28. The molecule has 1 atom stereocenters. The van der Waals surface area contributed by atoms with Gasteiger partial charge in [-0.2, -0.15) is 0 Å². The van der Waals surface area contributed by atoms with Gasteiger partial charge in [-0.3, -0.25) is 10.3 Å². The highest BCUT2D eigenvalue weighted by Gasteiger charge is 2.30. The largest absolute Gasteiger partial charge is 0.384 e. The molecule has 0 aromatic heterocycles. The van der Waals surface area contributed by atoms with Gasteiger partial charge < -0.3 is 10.6 Å². The van der Waals surface area contributed by atoms with E-state index in [-0.39, 0.29) is 11.4 Å². The van der Waals surface area contributed by atoms with Crippen LogP contribution in [0.5, 0.6) is 0 Å². The van der Waals surface area contributed by atoms with Crippen LogP contribution in [-0.2, 0) is 0 Å². The Kier molecular flexibility index (Phi) is 3.61. The number of amidine groups is 1. The number of fused-ring (bicyclic) bond motifs is 1. The molecule has 5 heteroatoms. The number of anilines is 1. The molecular formula is C15H21FN4. The van der Waals surface area contributed by atoms with E-state index in [1.807, 2.05) is 6.07 Å². The zero-order valence-corrected chi connectivity index (χ0v) is 11.6. The molecule has 2 aliphatic heterocycles. The fourth-order valence-electron chi connectivity index (χ4n) is 3.47. The third-order valence-corrected chi connectivity index (χ3v) is 4.41. The Hall–Kier alpha value is -1.62. The molecule has 0 radical (unpaired) electrons. The van der Waals surface area contributed by atoms with Gasteiger partial charge in [0.05, 0.1) is 11.3 Å². The molecule has 0 aliphatic carbocycles. The van der Waals surface area contributed by atoms with Crippen molar-refractivity contribution in [2.45, 2.75) is 25.3 Å². The summed E-state index contributed by atoms with van der Waals surface area (Å²) in [6.45, 7) is 4.10. The smallest absolute Gasteiger partial charge is 0.136 e. The van der Waals surface area contributed by atoms with Crippen LogP contribution in [0.15, 0.2) is 18.2 Å². The molecule has 0 saturated carbocycles. The van der Waals surface area contributed by atoms with Crippen LogP contribution in [0.2, 0.25) is 0 Å². The van der Waals surface area contributed by atoms with Gasteiger partial charge in [0.1, 0.15) is 11.7 Å². The summed E-state index contributed by atoms with van der Waals surface area (Å²) in [5.41, 5.74) is 6.59. The first-order valence-electron chi connectivity index (χ1n) is 7.28. The van der Waals surface area contributed by atoms with E-state index in [1.165, 1.54) is 25.5 Å². The minimum Gasteiger partial charge on any atom is -0.384 e. The van der Waals surface area contributed by atoms with Gasteiger partial charge in [-0.05, 0) is 37.9 Å². The predicted molar refractivity (Wildman–Crippen MR) is 78.8 cm³/mol. The summed E-state index contributed by atoms with van der Waals surface area (Å²) in [6.07, 6.45) is 3.53. The Morgan fingerprint density at radius 2 is 2.05 bits per heavy atom. The van der Waals surface area contributed by atoms with Crippen LogP contribution in [-0.4, -0.2) is 43.0 Å². The van der Waals surface area contributed by atoms with E-state index in [0.29, 0.717) is 6.04 Å². The van der Waals surface area contributed by atoms with Gasteiger partial charge in [0.2, 0.25) is 0 Å². The summed E-state index contributed by atoms with van der Waals surface area (Å²) < 4.78 is 14.0. The minimum atomic E-state index is -0.400. The second kappa shape index (κ2) is 5.40. The molecule has 1 unspecified atom stereocenters. The second-order valence-electron chi connectivity index (χ2n) is 5.68. The lowest BCUT2D eigenvalue weighted by Crippen LogP contribution is -2.37. The summed E-state index contributed by atoms with van der Waals surface area (Å²) in [6, 6.07) is 5.51. The van der Waals surface area contributed by atoms with Gasteiger partial charge in [0.15, 0.2) is 0 Å². The molecular weight excluding hydrogens is 255 g/mol. The number of hydrogen-bond acceptors (Lipinski definition) is 3. The number of nitrogens with one attached hydrogen (secondary N) is 1. The lowest BCUT2D eigenvalue weighted by Gasteiger charge is -2.28. The molecule has 2 heterocycles. The molecule has 20 heavy (non-hydrogen) atoms. The summed E-state index contributed by atoms with van der Waals surface area (Å²) in [4.78, 5) is 4.74. The summed E-state index contributed by atoms with van der Waals surface area (Å²) in [7, 11) is 0. The van der Waals surface area contributed by atoms with Crippen molar-refractivity contribution >= 4 is 11.5 Å². The molecule has 0 bridgehead atoms. The van der Waals surface area contributed by atoms with E-state index in [1.54, 1.807) is 6.07 Å². The maximum atomic E-state index is 14.0. The van der Waals surface area contributed by atoms with Crippen molar-refractivity contribution in [1.82, 2.24) is 4.90 Å². The molecule has 4 nitrogen and oxygen atoms in total. The molecule has 2 fully saturated rings. The molecule has 1 aromatic carbocycles. The standard InChI is InChI=1S/C15H21FN4/c16-12-5-1-6-13(14(12)15(17)18)20-9-3-8-19-7-2-4-11(19)10-20/h1,5-6,11H,2-4,7-10H2,(H3,17,18). The Bertz CT molecular complexity index is 517.